The Labute approximate surface area is 107 Å². The third kappa shape index (κ3) is 3.68. The zero-order valence-electron chi connectivity index (χ0n) is 10.2. The zero-order chi connectivity index (χ0) is 12.3. The third-order valence-corrected chi connectivity index (χ3v) is 3.71. The van der Waals surface area contributed by atoms with Gasteiger partial charge in [0, 0.05) is 18.2 Å². The molecule has 1 fully saturated rings. The van der Waals surface area contributed by atoms with Gasteiger partial charge in [-0.2, -0.15) is 0 Å². The highest BCUT2D eigenvalue weighted by Gasteiger charge is 2.24. The average molecular weight is 256 g/mol. The van der Waals surface area contributed by atoms with E-state index in [1.807, 2.05) is 0 Å². The van der Waals surface area contributed by atoms with Crippen LogP contribution >= 0.6 is 11.6 Å². The summed E-state index contributed by atoms with van der Waals surface area (Å²) in [6.45, 7) is 2.74. The Balaban J connectivity index is 1.88. The number of nitrogens with one attached hydrogen (secondary N) is 1. The maximum atomic E-state index is 13.7. The molecule has 1 aromatic carbocycles. The van der Waals surface area contributed by atoms with E-state index in [9.17, 15) is 4.39 Å². The fraction of sp³-hybridized carbons (Fsp3) is 0.571. The molecule has 17 heavy (non-hydrogen) atoms. The molecule has 1 saturated carbocycles. The van der Waals surface area contributed by atoms with Crippen molar-refractivity contribution in [3.8, 4) is 0 Å². The van der Waals surface area contributed by atoms with Crippen molar-refractivity contribution in [2.24, 2.45) is 5.92 Å². The smallest absolute Gasteiger partial charge is 0.146 e. The van der Waals surface area contributed by atoms with Gasteiger partial charge in [-0.15, -0.1) is 0 Å². The van der Waals surface area contributed by atoms with Crippen LogP contribution in [0.2, 0.25) is 5.02 Å². The van der Waals surface area contributed by atoms with Gasteiger partial charge in [0.25, 0.3) is 0 Å². The fourth-order valence-electron chi connectivity index (χ4n) is 2.09. The lowest BCUT2D eigenvalue weighted by atomic mass is 10.1. The predicted molar refractivity (Wildman–Crippen MR) is 69.7 cm³/mol. The van der Waals surface area contributed by atoms with E-state index < -0.39 is 0 Å². The van der Waals surface area contributed by atoms with Crippen molar-refractivity contribution >= 4 is 11.6 Å². The second kappa shape index (κ2) is 5.83. The summed E-state index contributed by atoms with van der Waals surface area (Å²) in [5.74, 6) is 0.611. The van der Waals surface area contributed by atoms with E-state index in [1.54, 1.807) is 18.2 Å². The van der Waals surface area contributed by atoms with Crippen molar-refractivity contribution in [3.05, 3.63) is 34.6 Å². The molecule has 0 aliphatic heterocycles. The third-order valence-electron chi connectivity index (χ3n) is 3.42. The maximum absolute atomic E-state index is 13.7. The molecule has 0 aromatic heterocycles. The van der Waals surface area contributed by atoms with E-state index in [1.165, 1.54) is 19.3 Å². The zero-order valence-corrected chi connectivity index (χ0v) is 10.9. The van der Waals surface area contributed by atoms with E-state index in [0.717, 1.165) is 12.3 Å². The molecule has 0 bridgehead atoms. The summed E-state index contributed by atoms with van der Waals surface area (Å²) < 4.78 is 13.7. The monoisotopic (exact) mass is 255 g/mol. The molecule has 0 saturated heterocycles. The summed E-state index contributed by atoms with van der Waals surface area (Å²) in [6.07, 6.45) is 5.05. The number of hydrogen-bond acceptors (Lipinski definition) is 1. The minimum atomic E-state index is -0.289. The Morgan fingerprint density at radius 1 is 1.47 bits per heavy atom. The lowest BCUT2D eigenvalue weighted by molar-refractivity contribution is 0.439. The second-order valence-corrected chi connectivity index (χ2v) is 5.29. The van der Waals surface area contributed by atoms with Crippen LogP contribution in [0.1, 0.15) is 38.2 Å². The Hall–Kier alpha value is -0.600. The number of rotatable bonds is 6. The van der Waals surface area contributed by atoms with E-state index in [2.05, 4.69) is 12.2 Å². The Kier molecular flexibility index (Phi) is 4.41. The summed E-state index contributed by atoms with van der Waals surface area (Å²) in [7, 11) is 0. The van der Waals surface area contributed by atoms with Gasteiger partial charge in [-0.05, 0) is 24.8 Å². The molecule has 1 aliphatic carbocycles. The average Bonchev–Trinajstić information content (AvgIpc) is 3.13. The van der Waals surface area contributed by atoms with Crippen molar-refractivity contribution in [3.63, 3.8) is 0 Å². The molecule has 1 N–H and O–H groups in total. The number of hydrogen-bond donors (Lipinski definition) is 1. The Morgan fingerprint density at radius 3 is 2.88 bits per heavy atom. The summed E-state index contributed by atoms with van der Waals surface area (Å²) in [4.78, 5) is 0. The molecule has 1 atom stereocenters. The maximum Gasteiger partial charge on any atom is 0.146 e. The van der Waals surface area contributed by atoms with E-state index in [4.69, 9.17) is 11.6 Å². The fourth-order valence-corrected chi connectivity index (χ4v) is 2.28. The largest absolute Gasteiger partial charge is 0.310 e. The highest BCUT2D eigenvalue weighted by Crippen LogP contribution is 2.34. The van der Waals surface area contributed by atoms with Crippen LogP contribution in [0.5, 0.6) is 0 Å². The van der Waals surface area contributed by atoms with Gasteiger partial charge >= 0.3 is 0 Å². The van der Waals surface area contributed by atoms with Gasteiger partial charge in [0.05, 0.1) is 5.02 Å². The Bertz CT molecular complexity index is 376. The normalized spacial score (nSPS) is 17.1. The molecule has 1 aliphatic rings. The highest BCUT2D eigenvalue weighted by atomic mass is 35.5. The molecule has 1 nitrogen and oxygen atoms in total. The molecule has 1 unspecified atom stereocenters. The van der Waals surface area contributed by atoms with Gasteiger partial charge in [-0.1, -0.05) is 43.5 Å². The van der Waals surface area contributed by atoms with Crippen LogP contribution in [0.4, 0.5) is 4.39 Å². The summed E-state index contributed by atoms with van der Waals surface area (Å²) in [5, 5.41) is 3.63. The molecular formula is C14H19ClFN. The molecule has 2 rings (SSSR count). The first kappa shape index (κ1) is 12.8. The first-order valence-corrected chi connectivity index (χ1v) is 6.74. The highest BCUT2D eigenvalue weighted by molar-refractivity contribution is 6.30. The first-order chi connectivity index (χ1) is 8.20. The molecule has 1 aromatic rings. The van der Waals surface area contributed by atoms with Crippen molar-refractivity contribution < 1.29 is 4.39 Å². The lowest BCUT2D eigenvalue weighted by Crippen LogP contribution is -2.28. The van der Waals surface area contributed by atoms with Crippen molar-refractivity contribution in [2.45, 2.75) is 45.2 Å². The van der Waals surface area contributed by atoms with Gasteiger partial charge in [-0.3, -0.25) is 0 Å². The molecule has 0 amide bonds. The topological polar surface area (TPSA) is 12.0 Å². The van der Waals surface area contributed by atoms with Crippen LogP contribution in [0.3, 0.4) is 0 Å². The quantitative estimate of drug-likeness (QED) is 0.805. The lowest BCUT2D eigenvalue weighted by Gasteiger charge is -2.17. The second-order valence-electron chi connectivity index (χ2n) is 4.88. The molecule has 0 radical (unpaired) electrons. The van der Waals surface area contributed by atoms with Crippen molar-refractivity contribution in [1.29, 1.82) is 0 Å². The van der Waals surface area contributed by atoms with E-state index in [0.29, 0.717) is 18.2 Å². The minimum absolute atomic E-state index is 0.208. The summed E-state index contributed by atoms with van der Waals surface area (Å²) in [5.41, 5.74) is 0.659. The molecule has 94 valence electrons. The van der Waals surface area contributed by atoms with Crippen LogP contribution in [0.15, 0.2) is 18.2 Å². The van der Waals surface area contributed by atoms with Crippen LogP contribution in [-0.2, 0) is 6.54 Å². The van der Waals surface area contributed by atoms with E-state index in [-0.39, 0.29) is 10.8 Å². The van der Waals surface area contributed by atoms with Crippen molar-refractivity contribution in [2.75, 3.05) is 0 Å². The number of halogens is 2. The van der Waals surface area contributed by atoms with Gasteiger partial charge in [0.2, 0.25) is 0 Å². The van der Waals surface area contributed by atoms with E-state index >= 15 is 0 Å². The first-order valence-electron chi connectivity index (χ1n) is 6.37. The molecule has 3 heteroatoms. The van der Waals surface area contributed by atoms with Gasteiger partial charge in [0.1, 0.15) is 5.82 Å². The van der Waals surface area contributed by atoms with Gasteiger partial charge in [-0.25, -0.2) is 4.39 Å². The predicted octanol–water partition coefficient (Wildman–Crippen LogP) is 4.15. The van der Waals surface area contributed by atoms with Crippen LogP contribution in [-0.4, -0.2) is 6.04 Å². The molecular weight excluding hydrogens is 237 g/mol. The molecule has 0 spiro atoms. The van der Waals surface area contributed by atoms with Gasteiger partial charge < -0.3 is 5.32 Å². The summed E-state index contributed by atoms with van der Waals surface area (Å²) >= 11 is 5.75. The van der Waals surface area contributed by atoms with Gasteiger partial charge in [0.15, 0.2) is 0 Å². The Morgan fingerprint density at radius 2 is 2.24 bits per heavy atom. The van der Waals surface area contributed by atoms with Crippen LogP contribution < -0.4 is 5.32 Å². The van der Waals surface area contributed by atoms with Crippen molar-refractivity contribution in [1.82, 2.24) is 5.32 Å². The standard InChI is InChI=1S/C14H19ClFN/c1-2-12(8-10-6-7-10)17-9-11-4-3-5-13(15)14(11)16/h3-5,10,12,17H,2,6-9H2,1H3. The SMILES string of the molecule is CCC(CC1CC1)NCc1cccc(Cl)c1F. The number of benzene rings is 1. The van der Waals surface area contributed by atoms with Crippen LogP contribution in [0.25, 0.3) is 0 Å². The van der Waals surface area contributed by atoms with Crippen LogP contribution in [0, 0.1) is 11.7 Å². The summed E-state index contributed by atoms with van der Waals surface area (Å²) in [6, 6.07) is 5.67. The molecule has 0 heterocycles. The minimum Gasteiger partial charge on any atom is -0.310 e.